The van der Waals surface area contributed by atoms with Gasteiger partial charge in [-0.3, -0.25) is 0 Å². The molecule has 2 amide bonds. The summed E-state index contributed by atoms with van der Waals surface area (Å²) in [7, 11) is 1.57. The van der Waals surface area contributed by atoms with Crippen molar-refractivity contribution in [3.63, 3.8) is 0 Å². The molecule has 0 fully saturated rings. The van der Waals surface area contributed by atoms with Crippen molar-refractivity contribution in [2.45, 2.75) is 58.1 Å². The van der Waals surface area contributed by atoms with Gasteiger partial charge in [-0.05, 0) is 56.0 Å². The molecule has 8 heteroatoms. The van der Waals surface area contributed by atoms with Crippen LogP contribution in [-0.4, -0.2) is 53.6 Å². The molecule has 0 aliphatic heterocycles. The van der Waals surface area contributed by atoms with Gasteiger partial charge in [-0.15, -0.1) is 0 Å². The minimum Gasteiger partial charge on any atom is -0.497 e. The van der Waals surface area contributed by atoms with Crippen LogP contribution in [0.25, 0.3) is 0 Å². The molecule has 0 aliphatic rings. The van der Waals surface area contributed by atoms with Crippen LogP contribution in [-0.2, 0) is 29.0 Å². The Hall–Kier alpha value is -4.04. The first-order chi connectivity index (χ1) is 18.6. The summed E-state index contributed by atoms with van der Waals surface area (Å²) in [5, 5.41) is 14.2. The van der Waals surface area contributed by atoms with Crippen LogP contribution in [0.2, 0.25) is 0 Å². The monoisotopic (exact) mass is 534 g/mol. The number of carbonyl (C=O) groups excluding carboxylic acids is 2. The van der Waals surface area contributed by atoms with Gasteiger partial charge in [0, 0.05) is 6.54 Å². The van der Waals surface area contributed by atoms with E-state index in [1.165, 1.54) is 4.90 Å². The summed E-state index contributed by atoms with van der Waals surface area (Å²) in [6, 6.07) is 25.5. The Balaban J connectivity index is 1.77. The van der Waals surface area contributed by atoms with E-state index in [0.717, 1.165) is 16.7 Å². The molecule has 0 bridgehead atoms. The van der Waals surface area contributed by atoms with Gasteiger partial charge in [0.25, 0.3) is 0 Å². The molecule has 0 aliphatic carbocycles. The number of benzene rings is 3. The first-order valence-corrected chi connectivity index (χ1v) is 12.9. The lowest BCUT2D eigenvalue weighted by Crippen LogP contribution is -2.51. The molecule has 0 spiro atoms. The van der Waals surface area contributed by atoms with Crippen LogP contribution in [0.15, 0.2) is 84.9 Å². The molecule has 8 nitrogen and oxygen atoms in total. The van der Waals surface area contributed by atoms with E-state index in [1.54, 1.807) is 27.9 Å². The van der Waals surface area contributed by atoms with Crippen molar-refractivity contribution in [3.8, 4) is 5.75 Å². The van der Waals surface area contributed by atoms with E-state index in [9.17, 15) is 14.7 Å². The first-order valence-electron chi connectivity index (χ1n) is 12.9. The molecule has 0 heterocycles. The van der Waals surface area contributed by atoms with Crippen molar-refractivity contribution in [2.75, 3.05) is 13.7 Å². The fourth-order valence-electron chi connectivity index (χ4n) is 3.94. The van der Waals surface area contributed by atoms with Crippen LogP contribution >= 0.6 is 0 Å². The van der Waals surface area contributed by atoms with E-state index < -0.39 is 29.9 Å². The highest BCUT2D eigenvalue weighted by Gasteiger charge is 2.29. The lowest BCUT2D eigenvalue weighted by Gasteiger charge is -2.32. The molecule has 0 saturated carbocycles. The lowest BCUT2D eigenvalue weighted by molar-refractivity contribution is 0.00807. The highest BCUT2D eigenvalue weighted by Crippen LogP contribution is 2.18. The van der Waals surface area contributed by atoms with Crippen LogP contribution in [0.5, 0.6) is 5.75 Å². The Labute approximate surface area is 230 Å². The molecule has 0 aromatic heterocycles. The minimum absolute atomic E-state index is 0.0808. The molecule has 0 radical (unpaired) electrons. The zero-order valence-electron chi connectivity index (χ0n) is 23.0. The third kappa shape index (κ3) is 10.3. The molecule has 3 rings (SSSR count). The molecule has 2 N–H and O–H groups in total. The first kappa shape index (κ1) is 29.5. The summed E-state index contributed by atoms with van der Waals surface area (Å²) in [6.45, 7) is 5.55. The Morgan fingerprint density at radius 1 is 0.897 bits per heavy atom. The minimum atomic E-state index is -1.12. The van der Waals surface area contributed by atoms with Gasteiger partial charge in [-0.1, -0.05) is 72.8 Å². The van der Waals surface area contributed by atoms with E-state index in [4.69, 9.17) is 14.2 Å². The standard InChI is InChI=1S/C31H38N2O6/c1-31(2,3)39-30(36)33(20-25-16-11-17-26(18-25)37-4)21-28(34)27(19-23-12-7-5-8-13-23)32-29(35)38-22-24-14-9-6-10-15-24/h5-18,27-28,34H,19-22H2,1-4H3,(H,32,35)/t27-,28+/m0/s1. The van der Waals surface area contributed by atoms with Gasteiger partial charge in [0.05, 0.1) is 25.8 Å². The van der Waals surface area contributed by atoms with Gasteiger partial charge >= 0.3 is 12.2 Å². The predicted molar refractivity (Wildman–Crippen MR) is 149 cm³/mol. The Morgan fingerprint density at radius 2 is 1.51 bits per heavy atom. The topological polar surface area (TPSA) is 97.3 Å². The molecule has 2 atom stereocenters. The fourth-order valence-corrected chi connectivity index (χ4v) is 3.94. The second kappa shape index (κ2) is 14.2. The van der Waals surface area contributed by atoms with Crippen molar-refractivity contribution in [1.29, 1.82) is 0 Å². The molecule has 3 aromatic rings. The largest absolute Gasteiger partial charge is 0.497 e. The number of nitrogens with zero attached hydrogens (tertiary/aromatic N) is 1. The third-order valence-corrected chi connectivity index (χ3v) is 5.85. The quantitative estimate of drug-likeness (QED) is 0.345. The number of nitrogens with one attached hydrogen (secondary N) is 1. The number of hydrogen-bond acceptors (Lipinski definition) is 6. The van der Waals surface area contributed by atoms with Crippen LogP contribution in [0, 0.1) is 0 Å². The average molecular weight is 535 g/mol. The van der Waals surface area contributed by atoms with Gasteiger partial charge in [-0.25, -0.2) is 9.59 Å². The van der Waals surface area contributed by atoms with Gasteiger partial charge in [-0.2, -0.15) is 0 Å². The summed E-state index contributed by atoms with van der Waals surface area (Å²) in [5.41, 5.74) is 1.85. The van der Waals surface area contributed by atoms with Crippen LogP contribution in [0.4, 0.5) is 9.59 Å². The molecule has 208 valence electrons. The van der Waals surface area contributed by atoms with Gasteiger partial charge in [0.15, 0.2) is 0 Å². The van der Waals surface area contributed by atoms with Crippen LogP contribution in [0.1, 0.15) is 37.5 Å². The second-order valence-electron chi connectivity index (χ2n) is 10.3. The molecular weight excluding hydrogens is 496 g/mol. The number of aliphatic hydroxyl groups excluding tert-OH is 1. The second-order valence-corrected chi connectivity index (χ2v) is 10.3. The highest BCUT2D eigenvalue weighted by atomic mass is 16.6. The third-order valence-electron chi connectivity index (χ3n) is 5.85. The Bertz CT molecular complexity index is 1180. The number of carbonyl (C=O) groups is 2. The van der Waals surface area contributed by atoms with Crippen molar-refractivity contribution < 1.29 is 28.9 Å². The van der Waals surface area contributed by atoms with E-state index in [0.29, 0.717) is 12.2 Å². The number of alkyl carbamates (subject to hydrolysis) is 1. The Kier molecular flexibility index (Phi) is 10.8. The van der Waals surface area contributed by atoms with Crippen molar-refractivity contribution in [3.05, 3.63) is 102 Å². The SMILES string of the molecule is COc1cccc(CN(C[C@@H](O)[C@H](Cc2ccccc2)NC(=O)OCc2ccccc2)C(=O)OC(C)(C)C)c1. The summed E-state index contributed by atoms with van der Waals surface area (Å²) >= 11 is 0. The maximum absolute atomic E-state index is 13.2. The van der Waals surface area contributed by atoms with Gasteiger partial charge < -0.3 is 29.5 Å². The van der Waals surface area contributed by atoms with E-state index in [2.05, 4.69) is 5.32 Å². The normalized spacial score (nSPS) is 12.6. The summed E-state index contributed by atoms with van der Waals surface area (Å²) in [5.74, 6) is 0.655. The maximum Gasteiger partial charge on any atom is 0.410 e. The summed E-state index contributed by atoms with van der Waals surface area (Å²) in [6.07, 6.45) is -2.01. The van der Waals surface area contributed by atoms with Gasteiger partial charge in [0.2, 0.25) is 0 Å². The molecule has 39 heavy (non-hydrogen) atoms. The van der Waals surface area contributed by atoms with Crippen molar-refractivity contribution in [1.82, 2.24) is 10.2 Å². The van der Waals surface area contributed by atoms with Gasteiger partial charge in [0.1, 0.15) is 18.0 Å². The molecule has 0 unspecified atom stereocenters. The number of amides is 2. The predicted octanol–water partition coefficient (Wildman–Crippen LogP) is 5.33. The number of ether oxygens (including phenoxy) is 3. The van der Waals surface area contributed by atoms with Crippen LogP contribution < -0.4 is 10.1 Å². The van der Waals surface area contributed by atoms with Crippen molar-refractivity contribution >= 4 is 12.2 Å². The zero-order valence-corrected chi connectivity index (χ0v) is 23.0. The number of aliphatic hydroxyl groups is 1. The van der Waals surface area contributed by atoms with E-state index in [1.807, 2.05) is 84.9 Å². The fraction of sp³-hybridized carbons (Fsp3) is 0.355. The van der Waals surface area contributed by atoms with Crippen LogP contribution in [0.3, 0.4) is 0 Å². The lowest BCUT2D eigenvalue weighted by atomic mass is 10.0. The average Bonchev–Trinajstić information content (AvgIpc) is 2.91. The number of rotatable bonds is 11. The van der Waals surface area contributed by atoms with E-state index >= 15 is 0 Å². The molecular formula is C31H38N2O6. The summed E-state index contributed by atoms with van der Waals surface area (Å²) < 4.78 is 16.4. The zero-order chi connectivity index (χ0) is 28.3. The van der Waals surface area contributed by atoms with E-state index in [-0.39, 0.29) is 19.7 Å². The Morgan fingerprint density at radius 3 is 2.13 bits per heavy atom. The summed E-state index contributed by atoms with van der Waals surface area (Å²) in [4.78, 5) is 27.3. The van der Waals surface area contributed by atoms with Crippen molar-refractivity contribution in [2.24, 2.45) is 0 Å². The smallest absolute Gasteiger partial charge is 0.410 e. The highest BCUT2D eigenvalue weighted by molar-refractivity contribution is 5.69. The number of hydrogen-bond donors (Lipinski definition) is 2. The molecule has 3 aromatic carbocycles. The number of methoxy groups -OCH3 is 1. The maximum atomic E-state index is 13.2. The molecule has 0 saturated heterocycles.